The van der Waals surface area contributed by atoms with Gasteiger partial charge in [0.25, 0.3) is 0 Å². The van der Waals surface area contributed by atoms with Crippen LogP contribution in [0.2, 0.25) is 5.02 Å². The maximum atomic E-state index is 12.3. The molecular weight excluding hydrogens is 428 g/mol. The van der Waals surface area contributed by atoms with Crippen molar-refractivity contribution in [3.05, 3.63) is 105 Å². The molecule has 0 N–H and O–H groups in total. The van der Waals surface area contributed by atoms with Gasteiger partial charge in [-0.2, -0.15) is 0 Å². The molecule has 0 unspecified atom stereocenters. The van der Waals surface area contributed by atoms with Crippen molar-refractivity contribution >= 4 is 45.4 Å². The third-order valence-electron chi connectivity index (χ3n) is 3.74. The summed E-state index contributed by atoms with van der Waals surface area (Å²) in [7, 11) is 0. The van der Waals surface area contributed by atoms with E-state index in [4.69, 9.17) is 16.3 Å². The number of hydrogen-bond acceptors (Lipinski definition) is 3. The van der Waals surface area contributed by atoms with Gasteiger partial charge in [0.15, 0.2) is 5.78 Å². The van der Waals surface area contributed by atoms with E-state index in [9.17, 15) is 9.59 Å². The van der Waals surface area contributed by atoms with Gasteiger partial charge in [-0.25, -0.2) is 4.79 Å². The molecule has 3 aromatic carbocycles. The molecule has 3 aromatic rings. The van der Waals surface area contributed by atoms with Crippen LogP contribution in [0.5, 0.6) is 5.75 Å². The van der Waals surface area contributed by atoms with E-state index in [2.05, 4.69) is 15.9 Å². The zero-order valence-electron chi connectivity index (χ0n) is 14.1. The standard InChI is InChI=1S/C22H14BrClO3/c23-18-10-5-15(6-11-18)20(25)14-9-16-3-1-2-4-21(16)27-22(26)17-7-12-19(24)13-8-17/h1-14H/b14-9+. The van der Waals surface area contributed by atoms with Gasteiger partial charge in [0.2, 0.25) is 0 Å². The fourth-order valence-electron chi connectivity index (χ4n) is 2.33. The van der Waals surface area contributed by atoms with E-state index in [0.717, 1.165) is 4.47 Å². The smallest absolute Gasteiger partial charge is 0.343 e. The molecule has 0 fully saturated rings. The number of carbonyl (C=O) groups is 2. The lowest BCUT2D eigenvalue weighted by Crippen LogP contribution is -2.09. The molecule has 0 amide bonds. The molecule has 5 heteroatoms. The van der Waals surface area contributed by atoms with E-state index < -0.39 is 5.97 Å². The number of benzene rings is 3. The Balaban J connectivity index is 1.77. The number of carbonyl (C=O) groups excluding carboxylic acids is 2. The molecule has 3 nitrogen and oxygen atoms in total. The molecule has 27 heavy (non-hydrogen) atoms. The predicted octanol–water partition coefficient (Wildman–Crippen LogP) is 6.22. The maximum absolute atomic E-state index is 12.3. The molecule has 0 atom stereocenters. The Hall–Kier alpha value is -2.69. The normalized spacial score (nSPS) is 10.7. The first-order valence-electron chi connectivity index (χ1n) is 8.08. The number of halogens is 2. The van der Waals surface area contributed by atoms with Crippen LogP contribution in [0.3, 0.4) is 0 Å². The Morgan fingerprint density at radius 2 is 1.48 bits per heavy atom. The number of ketones is 1. The summed E-state index contributed by atoms with van der Waals surface area (Å²) in [5, 5.41) is 0.543. The van der Waals surface area contributed by atoms with Crippen LogP contribution in [0.1, 0.15) is 26.3 Å². The van der Waals surface area contributed by atoms with Gasteiger partial charge < -0.3 is 4.74 Å². The third-order valence-corrected chi connectivity index (χ3v) is 4.53. The van der Waals surface area contributed by atoms with Crippen LogP contribution in [-0.4, -0.2) is 11.8 Å². The summed E-state index contributed by atoms with van der Waals surface area (Å²) in [5.74, 6) is -0.259. The highest BCUT2D eigenvalue weighted by Crippen LogP contribution is 2.22. The Kier molecular flexibility index (Phi) is 6.22. The van der Waals surface area contributed by atoms with Crippen LogP contribution in [0.25, 0.3) is 6.08 Å². The summed E-state index contributed by atoms with van der Waals surface area (Å²) in [4.78, 5) is 24.6. The van der Waals surface area contributed by atoms with Gasteiger partial charge in [0, 0.05) is 20.6 Å². The van der Waals surface area contributed by atoms with Crippen molar-refractivity contribution in [1.82, 2.24) is 0 Å². The highest BCUT2D eigenvalue weighted by atomic mass is 79.9. The molecule has 0 aromatic heterocycles. The third kappa shape index (κ3) is 5.16. The van der Waals surface area contributed by atoms with Crippen LogP contribution in [-0.2, 0) is 0 Å². The summed E-state index contributed by atoms with van der Waals surface area (Å²) in [6.07, 6.45) is 3.09. The zero-order valence-corrected chi connectivity index (χ0v) is 16.4. The lowest BCUT2D eigenvalue weighted by atomic mass is 10.1. The fraction of sp³-hybridized carbons (Fsp3) is 0. The highest BCUT2D eigenvalue weighted by Gasteiger charge is 2.11. The van der Waals surface area contributed by atoms with Crippen molar-refractivity contribution < 1.29 is 14.3 Å². The Labute approximate surface area is 170 Å². The molecule has 0 bridgehead atoms. The summed E-state index contributed by atoms with van der Waals surface area (Å²) in [6, 6.07) is 20.6. The van der Waals surface area contributed by atoms with E-state index in [1.54, 1.807) is 60.7 Å². The highest BCUT2D eigenvalue weighted by molar-refractivity contribution is 9.10. The molecule has 0 spiro atoms. The summed E-state index contributed by atoms with van der Waals surface area (Å²) in [6.45, 7) is 0. The molecule has 3 rings (SSSR count). The predicted molar refractivity (Wildman–Crippen MR) is 110 cm³/mol. The van der Waals surface area contributed by atoms with E-state index in [0.29, 0.717) is 27.5 Å². The minimum atomic E-state index is -0.494. The van der Waals surface area contributed by atoms with Crippen molar-refractivity contribution in [3.8, 4) is 5.75 Å². The quantitative estimate of drug-likeness (QED) is 0.204. The topological polar surface area (TPSA) is 43.4 Å². The van der Waals surface area contributed by atoms with E-state index in [1.807, 2.05) is 18.2 Å². The first kappa shape index (κ1) is 19.1. The largest absolute Gasteiger partial charge is 0.422 e. The molecule has 0 aliphatic carbocycles. The minimum Gasteiger partial charge on any atom is -0.422 e. The first-order valence-corrected chi connectivity index (χ1v) is 9.25. The monoisotopic (exact) mass is 440 g/mol. The fourth-order valence-corrected chi connectivity index (χ4v) is 2.72. The second-order valence-corrected chi connectivity index (χ2v) is 6.99. The number of ether oxygens (including phenoxy) is 1. The minimum absolute atomic E-state index is 0.138. The van der Waals surface area contributed by atoms with E-state index >= 15 is 0 Å². The maximum Gasteiger partial charge on any atom is 0.343 e. The molecule has 0 saturated heterocycles. The van der Waals surface area contributed by atoms with Crippen molar-refractivity contribution in [1.29, 1.82) is 0 Å². The molecule has 0 aliphatic heterocycles. The molecule has 0 heterocycles. The molecule has 0 saturated carbocycles. The number of para-hydroxylation sites is 1. The van der Waals surface area contributed by atoms with Crippen molar-refractivity contribution in [3.63, 3.8) is 0 Å². The molecule has 134 valence electrons. The van der Waals surface area contributed by atoms with Crippen LogP contribution < -0.4 is 4.74 Å². The van der Waals surface area contributed by atoms with Gasteiger partial charge >= 0.3 is 5.97 Å². The molecular formula is C22H14BrClO3. The zero-order chi connectivity index (χ0) is 19.2. The van der Waals surface area contributed by atoms with Gasteiger partial charge in [-0.1, -0.05) is 45.7 Å². The Morgan fingerprint density at radius 3 is 2.19 bits per heavy atom. The summed E-state index contributed by atoms with van der Waals surface area (Å²) < 4.78 is 6.38. The van der Waals surface area contributed by atoms with E-state index in [1.165, 1.54) is 6.08 Å². The van der Waals surface area contributed by atoms with Gasteiger partial charge in [0.1, 0.15) is 5.75 Å². The average molecular weight is 442 g/mol. The number of rotatable bonds is 5. The van der Waals surface area contributed by atoms with Crippen molar-refractivity contribution in [2.45, 2.75) is 0 Å². The van der Waals surface area contributed by atoms with Gasteiger partial charge in [-0.3, -0.25) is 4.79 Å². The lowest BCUT2D eigenvalue weighted by molar-refractivity contribution is 0.0734. The van der Waals surface area contributed by atoms with Crippen molar-refractivity contribution in [2.75, 3.05) is 0 Å². The number of hydrogen-bond donors (Lipinski definition) is 0. The first-order chi connectivity index (χ1) is 13.0. The molecule has 0 radical (unpaired) electrons. The van der Waals surface area contributed by atoms with Gasteiger partial charge in [-0.15, -0.1) is 0 Å². The lowest BCUT2D eigenvalue weighted by Gasteiger charge is -2.07. The average Bonchev–Trinajstić information content (AvgIpc) is 2.68. The second kappa shape index (κ2) is 8.80. The number of esters is 1. The van der Waals surface area contributed by atoms with Crippen LogP contribution in [0, 0.1) is 0 Å². The second-order valence-electron chi connectivity index (χ2n) is 5.64. The Bertz CT molecular complexity index is 993. The summed E-state index contributed by atoms with van der Waals surface area (Å²) >= 11 is 9.18. The van der Waals surface area contributed by atoms with Crippen LogP contribution in [0.4, 0.5) is 0 Å². The van der Waals surface area contributed by atoms with Gasteiger partial charge in [0.05, 0.1) is 5.56 Å². The van der Waals surface area contributed by atoms with Crippen molar-refractivity contribution in [2.24, 2.45) is 0 Å². The SMILES string of the molecule is O=C(/C=C/c1ccccc1OC(=O)c1ccc(Cl)cc1)c1ccc(Br)cc1. The number of allylic oxidation sites excluding steroid dienone is 1. The van der Waals surface area contributed by atoms with Crippen LogP contribution in [0.15, 0.2) is 83.3 Å². The van der Waals surface area contributed by atoms with Gasteiger partial charge in [-0.05, 0) is 66.7 Å². The Morgan fingerprint density at radius 1 is 0.852 bits per heavy atom. The van der Waals surface area contributed by atoms with E-state index in [-0.39, 0.29) is 5.78 Å². The molecule has 0 aliphatic rings. The van der Waals surface area contributed by atoms with Crippen LogP contribution >= 0.6 is 27.5 Å². The summed E-state index contributed by atoms with van der Waals surface area (Å²) in [5.41, 5.74) is 1.60.